The Morgan fingerprint density at radius 3 is 2.27 bits per heavy atom. The Balaban J connectivity index is 1.44. The summed E-state index contributed by atoms with van der Waals surface area (Å²) in [6.45, 7) is 7.03. The van der Waals surface area contributed by atoms with Crippen LogP contribution in [0.15, 0.2) is 30.3 Å². The summed E-state index contributed by atoms with van der Waals surface area (Å²) in [5.41, 5.74) is 3.44. The predicted octanol–water partition coefficient (Wildman–Crippen LogP) is 3.28. The monoisotopic (exact) mass is 406 g/mol. The van der Waals surface area contributed by atoms with Crippen LogP contribution in [0.4, 0.5) is 0 Å². The Hall–Kier alpha value is -2.76. The average Bonchev–Trinajstić information content (AvgIpc) is 3.27. The lowest BCUT2D eigenvalue weighted by Gasteiger charge is -2.27. The van der Waals surface area contributed by atoms with E-state index in [4.69, 9.17) is 9.97 Å². The number of carbonyl (C=O) groups excluding carboxylic acids is 2. The molecule has 0 spiro atoms. The van der Waals surface area contributed by atoms with Crippen LogP contribution in [0.3, 0.4) is 0 Å². The van der Waals surface area contributed by atoms with Crippen LogP contribution in [0.5, 0.6) is 0 Å². The highest BCUT2D eigenvalue weighted by Crippen LogP contribution is 2.27. The van der Waals surface area contributed by atoms with E-state index in [9.17, 15) is 9.59 Å². The van der Waals surface area contributed by atoms with Gasteiger partial charge in [0.15, 0.2) is 0 Å². The van der Waals surface area contributed by atoms with Crippen LogP contribution in [0, 0.1) is 13.8 Å². The Kier molecular flexibility index (Phi) is 6.11. The molecule has 6 nitrogen and oxygen atoms in total. The van der Waals surface area contributed by atoms with Crippen LogP contribution in [0.1, 0.15) is 64.7 Å². The molecule has 1 aromatic carbocycles. The summed E-state index contributed by atoms with van der Waals surface area (Å²) in [6, 6.07) is 9.41. The number of hydrogen-bond acceptors (Lipinski definition) is 4. The highest BCUT2D eigenvalue weighted by molar-refractivity contribution is 5.94. The molecular formula is C24H30N4O2. The van der Waals surface area contributed by atoms with E-state index in [0.717, 1.165) is 67.2 Å². The smallest absolute Gasteiger partial charge is 0.253 e. The number of hydrogen-bond donors (Lipinski definition) is 0. The number of likely N-dealkylation sites (tertiary alicyclic amines) is 2. The van der Waals surface area contributed by atoms with Gasteiger partial charge in [0.05, 0.1) is 6.42 Å². The quantitative estimate of drug-likeness (QED) is 0.782. The van der Waals surface area contributed by atoms with Crippen molar-refractivity contribution < 1.29 is 9.59 Å². The molecule has 0 radical (unpaired) electrons. The van der Waals surface area contributed by atoms with E-state index < -0.39 is 0 Å². The molecule has 2 amide bonds. The standard InChI is InChI=1S/C24H30N4O2/c1-17-21(15-22(29)27-12-7-4-8-13-27)18(2)26-23(25-17)20-11-14-28(16-20)24(30)19-9-5-3-6-10-19/h3,5-6,9-10,20H,4,7-8,11-16H2,1-2H3. The van der Waals surface area contributed by atoms with Gasteiger partial charge in [0.1, 0.15) is 5.82 Å². The number of rotatable bonds is 4. The van der Waals surface area contributed by atoms with Crippen LogP contribution in [-0.4, -0.2) is 57.8 Å². The summed E-state index contributed by atoms with van der Waals surface area (Å²) in [4.78, 5) is 38.8. The molecule has 6 heteroatoms. The topological polar surface area (TPSA) is 66.4 Å². The van der Waals surface area contributed by atoms with E-state index in [0.29, 0.717) is 13.0 Å². The Labute approximate surface area is 178 Å². The van der Waals surface area contributed by atoms with Gasteiger partial charge in [-0.15, -0.1) is 0 Å². The van der Waals surface area contributed by atoms with Gasteiger partial charge < -0.3 is 9.80 Å². The zero-order valence-electron chi connectivity index (χ0n) is 17.9. The number of carbonyl (C=O) groups is 2. The van der Waals surface area contributed by atoms with E-state index in [2.05, 4.69) is 0 Å². The number of aromatic nitrogens is 2. The third-order valence-corrected chi connectivity index (χ3v) is 6.34. The van der Waals surface area contributed by atoms with Gasteiger partial charge in [0, 0.05) is 54.6 Å². The fourth-order valence-electron chi connectivity index (χ4n) is 4.53. The molecule has 0 saturated carbocycles. The summed E-state index contributed by atoms with van der Waals surface area (Å²) in [5, 5.41) is 0. The lowest BCUT2D eigenvalue weighted by atomic mass is 10.0. The number of piperidine rings is 1. The highest BCUT2D eigenvalue weighted by Gasteiger charge is 2.30. The molecule has 30 heavy (non-hydrogen) atoms. The van der Waals surface area contributed by atoms with E-state index in [1.54, 1.807) is 0 Å². The molecule has 2 aliphatic heterocycles. The van der Waals surface area contributed by atoms with Crippen molar-refractivity contribution >= 4 is 11.8 Å². The first-order chi connectivity index (χ1) is 14.5. The second kappa shape index (κ2) is 8.94. The summed E-state index contributed by atoms with van der Waals surface area (Å²) in [7, 11) is 0. The number of benzene rings is 1. The largest absolute Gasteiger partial charge is 0.342 e. The minimum absolute atomic E-state index is 0.0651. The molecule has 2 saturated heterocycles. The van der Waals surface area contributed by atoms with Gasteiger partial charge in [-0.25, -0.2) is 9.97 Å². The van der Waals surface area contributed by atoms with Crippen molar-refractivity contribution in [2.75, 3.05) is 26.2 Å². The van der Waals surface area contributed by atoms with Crippen molar-refractivity contribution in [3.63, 3.8) is 0 Å². The van der Waals surface area contributed by atoms with Crippen molar-refractivity contribution in [3.8, 4) is 0 Å². The fourth-order valence-corrected chi connectivity index (χ4v) is 4.53. The maximum atomic E-state index is 12.7. The van der Waals surface area contributed by atoms with Crippen LogP contribution in [-0.2, 0) is 11.2 Å². The molecule has 3 heterocycles. The van der Waals surface area contributed by atoms with Crippen molar-refractivity contribution in [1.29, 1.82) is 0 Å². The first-order valence-corrected chi connectivity index (χ1v) is 11.0. The molecule has 1 atom stereocenters. The molecule has 158 valence electrons. The molecule has 2 fully saturated rings. The van der Waals surface area contributed by atoms with Crippen molar-refractivity contribution in [2.45, 2.75) is 51.9 Å². The molecule has 0 bridgehead atoms. The summed E-state index contributed by atoms with van der Waals surface area (Å²) in [6.07, 6.45) is 4.65. The minimum Gasteiger partial charge on any atom is -0.342 e. The third-order valence-electron chi connectivity index (χ3n) is 6.34. The number of aryl methyl sites for hydroxylation is 2. The minimum atomic E-state index is 0.0651. The van der Waals surface area contributed by atoms with Crippen molar-refractivity contribution in [3.05, 3.63) is 58.7 Å². The molecular weight excluding hydrogens is 376 g/mol. The summed E-state index contributed by atoms with van der Waals surface area (Å²) in [5.74, 6) is 1.18. The Bertz CT molecular complexity index is 899. The molecule has 4 rings (SSSR count). The van der Waals surface area contributed by atoms with E-state index in [1.807, 2.05) is 54.0 Å². The highest BCUT2D eigenvalue weighted by atomic mass is 16.2. The van der Waals surface area contributed by atoms with Gasteiger partial charge in [-0.3, -0.25) is 9.59 Å². The maximum Gasteiger partial charge on any atom is 0.253 e. The van der Waals surface area contributed by atoms with Crippen molar-refractivity contribution in [1.82, 2.24) is 19.8 Å². The van der Waals surface area contributed by atoms with Crippen molar-refractivity contribution in [2.24, 2.45) is 0 Å². The van der Waals surface area contributed by atoms with Gasteiger partial charge in [-0.2, -0.15) is 0 Å². The Morgan fingerprint density at radius 2 is 1.60 bits per heavy atom. The molecule has 0 aliphatic carbocycles. The maximum absolute atomic E-state index is 12.7. The second-order valence-electron chi connectivity index (χ2n) is 8.45. The van der Waals surface area contributed by atoms with Crippen LogP contribution < -0.4 is 0 Å². The number of amides is 2. The lowest BCUT2D eigenvalue weighted by molar-refractivity contribution is -0.131. The normalized spacial score (nSPS) is 19.2. The first kappa shape index (κ1) is 20.5. The number of nitrogens with zero attached hydrogens (tertiary/aromatic N) is 4. The van der Waals surface area contributed by atoms with Crippen LogP contribution >= 0.6 is 0 Å². The van der Waals surface area contributed by atoms with Gasteiger partial charge in [-0.1, -0.05) is 18.2 Å². The van der Waals surface area contributed by atoms with Crippen LogP contribution in [0.2, 0.25) is 0 Å². The lowest BCUT2D eigenvalue weighted by Crippen LogP contribution is -2.37. The van der Waals surface area contributed by atoms with Crippen LogP contribution in [0.25, 0.3) is 0 Å². The average molecular weight is 407 g/mol. The SMILES string of the molecule is Cc1nc(C2CCN(C(=O)c3ccccc3)C2)nc(C)c1CC(=O)N1CCCCC1. The third kappa shape index (κ3) is 4.37. The van der Waals surface area contributed by atoms with E-state index in [-0.39, 0.29) is 17.7 Å². The molecule has 0 N–H and O–H groups in total. The fraction of sp³-hybridized carbons (Fsp3) is 0.500. The second-order valence-corrected chi connectivity index (χ2v) is 8.45. The van der Waals surface area contributed by atoms with E-state index >= 15 is 0 Å². The molecule has 1 aromatic heterocycles. The van der Waals surface area contributed by atoms with E-state index in [1.165, 1.54) is 6.42 Å². The summed E-state index contributed by atoms with van der Waals surface area (Å²) < 4.78 is 0. The molecule has 1 unspecified atom stereocenters. The van der Waals surface area contributed by atoms with Gasteiger partial charge in [0.25, 0.3) is 5.91 Å². The Morgan fingerprint density at radius 1 is 0.933 bits per heavy atom. The first-order valence-electron chi connectivity index (χ1n) is 11.0. The summed E-state index contributed by atoms with van der Waals surface area (Å²) >= 11 is 0. The van der Waals surface area contributed by atoms with Gasteiger partial charge >= 0.3 is 0 Å². The van der Waals surface area contributed by atoms with Gasteiger partial charge in [0.2, 0.25) is 5.91 Å². The molecule has 2 aliphatic rings. The predicted molar refractivity (Wildman–Crippen MR) is 115 cm³/mol. The van der Waals surface area contributed by atoms with Gasteiger partial charge in [-0.05, 0) is 51.7 Å². The molecule has 2 aromatic rings. The zero-order valence-corrected chi connectivity index (χ0v) is 17.9. The zero-order chi connectivity index (χ0) is 21.1.